The Morgan fingerprint density at radius 1 is 0.875 bits per heavy atom. The van der Waals surface area contributed by atoms with E-state index < -0.39 is 27.8 Å². The topological polar surface area (TPSA) is 89.9 Å². The van der Waals surface area contributed by atoms with Gasteiger partial charge in [0, 0.05) is 0 Å². The number of carboxylic acid groups (broad SMARTS) is 1. The highest BCUT2D eigenvalue weighted by molar-refractivity contribution is 5.82. The molecular formula is C26H42O6. The second-order valence-corrected chi connectivity index (χ2v) is 12.4. The van der Waals surface area contributed by atoms with Crippen LogP contribution in [0.25, 0.3) is 0 Å². The first-order chi connectivity index (χ1) is 14.7. The van der Waals surface area contributed by atoms with Crippen molar-refractivity contribution >= 4 is 17.9 Å². The zero-order chi connectivity index (χ0) is 24.1. The summed E-state index contributed by atoms with van der Waals surface area (Å²) in [5.74, 6) is 0.538. The lowest BCUT2D eigenvalue weighted by molar-refractivity contribution is -0.215. The van der Waals surface area contributed by atoms with Gasteiger partial charge in [-0.05, 0) is 110 Å². The summed E-state index contributed by atoms with van der Waals surface area (Å²) in [5, 5.41) is 9.79. The van der Waals surface area contributed by atoms with Crippen LogP contribution >= 0.6 is 0 Å². The fourth-order valence-electron chi connectivity index (χ4n) is 7.32. The number of hydrogen-bond donors (Lipinski definition) is 1. The number of carbonyl (C=O) groups excluding carboxylic acids is 2. The van der Waals surface area contributed by atoms with Crippen molar-refractivity contribution in [3.05, 3.63) is 0 Å². The van der Waals surface area contributed by atoms with Gasteiger partial charge in [0.25, 0.3) is 0 Å². The summed E-state index contributed by atoms with van der Waals surface area (Å²) in [6, 6.07) is 0. The van der Waals surface area contributed by atoms with Crippen molar-refractivity contribution in [1.29, 1.82) is 0 Å². The molecule has 6 nitrogen and oxygen atoms in total. The summed E-state index contributed by atoms with van der Waals surface area (Å²) in [6.07, 6.45) is 6.54. The SMILES string of the molecule is CCC(C)(CC(C)(CC(C)(C)C(=O)O)C(=O)OC1(C)C2CC3CC(C2)CC1C3)C(=O)OC. The second-order valence-electron chi connectivity index (χ2n) is 12.4. The van der Waals surface area contributed by atoms with Crippen LogP contribution < -0.4 is 0 Å². The van der Waals surface area contributed by atoms with Crippen molar-refractivity contribution in [2.45, 2.75) is 98.5 Å². The first kappa shape index (κ1) is 25.0. The molecule has 2 atom stereocenters. The molecule has 4 saturated carbocycles. The third-order valence-corrected chi connectivity index (χ3v) is 9.21. The first-order valence-electron chi connectivity index (χ1n) is 12.2. The van der Waals surface area contributed by atoms with Crippen molar-refractivity contribution < 1.29 is 29.0 Å². The van der Waals surface area contributed by atoms with Crippen molar-refractivity contribution in [3.8, 4) is 0 Å². The summed E-state index contributed by atoms with van der Waals surface area (Å²) in [7, 11) is 1.35. The van der Waals surface area contributed by atoms with Gasteiger partial charge >= 0.3 is 17.9 Å². The zero-order valence-corrected chi connectivity index (χ0v) is 21.0. The highest BCUT2D eigenvalue weighted by Gasteiger charge is 2.59. The predicted molar refractivity (Wildman–Crippen MR) is 121 cm³/mol. The molecule has 6 heteroatoms. The monoisotopic (exact) mass is 450 g/mol. The number of methoxy groups -OCH3 is 1. The summed E-state index contributed by atoms with van der Waals surface area (Å²) in [5.41, 5.74) is -3.67. The molecule has 4 aliphatic rings. The third-order valence-electron chi connectivity index (χ3n) is 9.21. The second kappa shape index (κ2) is 8.32. The van der Waals surface area contributed by atoms with Gasteiger partial charge in [-0.1, -0.05) is 6.92 Å². The van der Waals surface area contributed by atoms with E-state index in [-0.39, 0.29) is 24.8 Å². The van der Waals surface area contributed by atoms with Gasteiger partial charge in [-0.2, -0.15) is 0 Å². The van der Waals surface area contributed by atoms with Gasteiger partial charge in [-0.15, -0.1) is 0 Å². The fourth-order valence-corrected chi connectivity index (χ4v) is 7.32. The van der Waals surface area contributed by atoms with Crippen LogP contribution in [-0.4, -0.2) is 35.7 Å². The Kier molecular flexibility index (Phi) is 6.51. The molecule has 0 amide bonds. The van der Waals surface area contributed by atoms with Crippen molar-refractivity contribution in [1.82, 2.24) is 0 Å². The standard InChI is InChI=1S/C26H42O6/c1-8-24(4,21(29)31-7)15-25(5,14-23(2,3)20(27)28)22(30)32-26(6)18-10-16-9-17(12-18)13-19(26)11-16/h16-19H,8-15H2,1-7H3,(H,27,28). The third kappa shape index (κ3) is 4.31. The van der Waals surface area contributed by atoms with Crippen LogP contribution in [0.1, 0.15) is 92.9 Å². The number of hydrogen-bond acceptors (Lipinski definition) is 5. The number of rotatable bonds is 9. The van der Waals surface area contributed by atoms with Crippen LogP contribution in [0.3, 0.4) is 0 Å². The van der Waals surface area contributed by atoms with E-state index in [4.69, 9.17) is 9.47 Å². The average molecular weight is 451 g/mol. The largest absolute Gasteiger partial charge is 0.481 e. The van der Waals surface area contributed by atoms with Crippen LogP contribution in [0.4, 0.5) is 0 Å². The Labute approximate surface area is 192 Å². The number of ether oxygens (including phenoxy) is 2. The van der Waals surface area contributed by atoms with E-state index in [9.17, 15) is 19.5 Å². The normalized spacial score (nSPS) is 35.0. The summed E-state index contributed by atoms with van der Waals surface area (Å²) >= 11 is 0. The van der Waals surface area contributed by atoms with Crippen molar-refractivity contribution in [2.75, 3.05) is 7.11 Å². The minimum atomic E-state index is -1.14. The molecule has 0 radical (unpaired) electrons. The molecule has 4 bridgehead atoms. The Morgan fingerprint density at radius 2 is 1.38 bits per heavy atom. The smallest absolute Gasteiger partial charge is 0.312 e. The molecule has 0 aromatic rings. The maximum absolute atomic E-state index is 13.9. The van der Waals surface area contributed by atoms with E-state index in [1.807, 2.05) is 6.92 Å². The molecule has 4 rings (SSSR count). The molecular weight excluding hydrogens is 408 g/mol. The Balaban J connectivity index is 1.91. The number of carbonyl (C=O) groups is 3. The maximum Gasteiger partial charge on any atom is 0.312 e. The first-order valence-corrected chi connectivity index (χ1v) is 12.2. The van der Waals surface area contributed by atoms with E-state index in [0.717, 1.165) is 37.5 Å². The quantitative estimate of drug-likeness (QED) is 0.484. The van der Waals surface area contributed by atoms with Crippen molar-refractivity contribution in [3.63, 3.8) is 0 Å². The molecule has 0 spiro atoms. The Hall–Kier alpha value is -1.59. The minimum Gasteiger partial charge on any atom is -0.481 e. The highest BCUT2D eigenvalue weighted by atomic mass is 16.6. The van der Waals surface area contributed by atoms with Gasteiger partial charge in [0.05, 0.1) is 23.4 Å². The van der Waals surface area contributed by atoms with Crippen molar-refractivity contribution in [2.24, 2.45) is 39.9 Å². The minimum absolute atomic E-state index is 0.0947. The lowest BCUT2D eigenvalue weighted by atomic mass is 9.50. The number of carboxylic acids is 1. The summed E-state index contributed by atoms with van der Waals surface area (Å²) in [4.78, 5) is 38.5. The van der Waals surface area contributed by atoms with Crippen LogP contribution in [0.2, 0.25) is 0 Å². The number of esters is 2. The van der Waals surface area contributed by atoms with E-state index >= 15 is 0 Å². The molecule has 0 aromatic heterocycles. The van der Waals surface area contributed by atoms with Gasteiger partial charge in [0.2, 0.25) is 0 Å². The van der Waals surface area contributed by atoms with E-state index in [1.54, 1.807) is 27.7 Å². The fraction of sp³-hybridized carbons (Fsp3) is 0.885. The summed E-state index contributed by atoms with van der Waals surface area (Å²) < 4.78 is 11.5. The van der Waals surface area contributed by atoms with Gasteiger partial charge in [-0.25, -0.2) is 0 Å². The van der Waals surface area contributed by atoms with Crippen LogP contribution in [0.5, 0.6) is 0 Å². The summed E-state index contributed by atoms with van der Waals surface area (Å²) in [6.45, 7) is 10.8. The molecule has 182 valence electrons. The molecule has 32 heavy (non-hydrogen) atoms. The predicted octanol–water partition coefficient (Wildman–Crippen LogP) is 5.23. The lowest BCUT2D eigenvalue weighted by Gasteiger charge is -2.59. The van der Waals surface area contributed by atoms with Gasteiger partial charge in [0.15, 0.2) is 0 Å². The average Bonchev–Trinajstić information content (AvgIpc) is 2.70. The zero-order valence-electron chi connectivity index (χ0n) is 21.0. The van der Waals surface area contributed by atoms with Gasteiger partial charge < -0.3 is 14.6 Å². The van der Waals surface area contributed by atoms with Crippen LogP contribution in [-0.2, 0) is 23.9 Å². The van der Waals surface area contributed by atoms with Crippen LogP contribution in [0, 0.1) is 39.9 Å². The molecule has 4 fully saturated rings. The molecule has 2 unspecified atom stereocenters. The molecule has 0 heterocycles. The van der Waals surface area contributed by atoms with Gasteiger partial charge in [0.1, 0.15) is 5.60 Å². The molecule has 4 aliphatic carbocycles. The molecule has 0 aliphatic heterocycles. The van der Waals surface area contributed by atoms with E-state index in [2.05, 4.69) is 6.92 Å². The molecule has 0 saturated heterocycles. The Bertz CT molecular complexity index is 742. The Morgan fingerprint density at radius 3 is 1.78 bits per heavy atom. The maximum atomic E-state index is 13.9. The highest BCUT2D eigenvalue weighted by Crippen LogP contribution is 2.60. The van der Waals surface area contributed by atoms with E-state index in [1.165, 1.54) is 13.5 Å². The molecule has 1 N–H and O–H groups in total. The van der Waals surface area contributed by atoms with Gasteiger partial charge in [-0.3, -0.25) is 14.4 Å². The number of aliphatic carboxylic acids is 1. The molecule has 0 aromatic carbocycles. The van der Waals surface area contributed by atoms with E-state index in [0.29, 0.717) is 18.3 Å². The lowest BCUT2D eigenvalue weighted by Crippen LogP contribution is -2.59. The van der Waals surface area contributed by atoms with Crippen LogP contribution in [0.15, 0.2) is 0 Å².